The highest BCUT2D eigenvalue weighted by atomic mass is 16.6. The number of piperidine rings is 1. The Hall–Kier alpha value is -3.92. The fourth-order valence-electron chi connectivity index (χ4n) is 7.56. The number of hydrogen-bond acceptors (Lipinski definition) is 11. The summed E-state index contributed by atoms with van der Waals surface area (Å²) in [4.78, 5) is 79.4. The Morgan fingerprint density at radius 3 is 2.12 bits per heavy atom. The predicted molar refractivity (Wildman–Crippen MR) is 215 cm³/mol. The fraction of sp³-hybridized carbons (Fsp3) is 0.805. The molecule has 326 valence electrons. The third-order valence-electron chi connectivity index (χ3n) is 10.1. The second-order valence-electron chi connectivity index (χ2n) is 18.4. The molecule has 2 aliphatic rings. The molecule has 0 saturated carbocycles. The predicted octanol–water partition coefficient (Wildman–Crippen LogP) is 4.97. The number of nitrogens with one attached hydrogen (secondary N) is 4. The minimum Gasteiger partial charge on any atom is -0.467 e. The number of amides is 5. The Kier molecular flexibility index (Phi) is 18.8. The van der Waals surface area contributed by atoms with Crippen LogP contribution in [-0.2, 0) is 33.4 Å². The lowest BCUT2D eigenvalue weighted by atomic mass is 9.80. The van der Waals surface area contributed by atoms with Gasteiger partial charge >= 0.3 is 18.2 Å². The molecule has 2 heterocycles. The highest BCUT2D eigenvalue weighted by molar-refractivity contribution is 5.91. The molecule has 16 heteroatoms. The van der Waals surface area contributed by atoms with Crippen molar-refractivity contribution in [2.75, 3.05) is 20.2 Å². The van der Waals surface area contributed by atoms with Gasteiger partial charge in [0.05, 0.1) is 13.2 Å². The van der Waals surface area contributed by atoms with Crippen molar-refractivity contribution >= 4 is 35.9 Å². The van der Waals surface area contributed by atoms with Crippen LogP contribution in [0.3, 0.4) is 0 Å². The zero-order valence-electron chi connectivity index (χ0n) is 36.5. The Morgan fingerprint density at radius 2 is 1.56 bits per heavy atom. The smallest absolute Gasteiger partial charge is 0.408 e. The molecule has 0 bridgehead atoms. The Morgan fingerprint density at radius 1 is 0.930 bits per heavy atom. The van der Waals surface area contributed by atoms with Gasteiger partial charge in [-0.15, -0.1) is 0 Å². The summed E-state index contributed by atoms with van der Waals surface area (Å²) in [5.74, 6) is -1.78. The molecule has 0 unspecified atom stereocenters. The first-order valence-corrected chi connectivity index (χ1v) is 20.4. The highest BCUT2D eigenvalue weighted by Crippen LogP contribution is 2.38. The van der Waals surface area contributed by atoms with Crippen molar-refractivity contribution < 1.29 is 48.2 Å². The maximum Gasteiger partial charge on any atom is 0.408 e. The molecular weight excluding hydrogens is 736 g/mol. The van der Waals surface area contributed by atoms with Gasteiger partial charge in [0.15, 0.2) is 0 Å². The van der Waals surface area contributed by atoms with Crippen molar-refractivity contribution in [3.8, 4) is 0 Å². The van der Waals surface area contributed by atoms with Gasteiger partial charge in [0.25, 0.3) is 0 Å². The van der Waals surface area contributed by atoms with Crippen LogP contribution in [0.4, 0.5) is 9.59 Å². The van der Waals surface area contributed by atoms with Crippen LogP contribution in [0, 0.1) is 11.8 Å². The molecule has 2 rings (SSSR count). The summed E-state index contributed by atoms with van der Waals surface area (Å²) < 4.78 is 16.0. The minimum atomic E-state index is -1.02. The van der Waals surface area contributed by atoms with Crippen LogP contribution in [-0.4, -0.2) is 118 Å². The monoisotopic (exact) mass is 809 g/mol. The van der Waals surface area contributed by atoms with E-state index in [9.17, 15) is 34.0 Å². The maximum absolute atomic E-state index is 13.5. The molecule has 16 nitrogen and oxygen atoms in total. The third-order valence-corrected chi connectivity index (χ3v) is 10.1. The molecule has 5 amide bonds. The van der Waals surface area contributed by atoms with E-state index in [1.165, 1.54) is 12.2 Å². The summed E-state index contributed by atoms with van der Waals surface area (Å²) in [5.41, 5.74) is -1.80. The zero-order valence-corrected chi connectivity index (χ0v) is 36.5. The van der Waals surface area contributed by atoms with Crippen LogP contribution in [0.2, 0.25) is 0 Å². The summed E-state index contributed by atoms with van der Waals surface area (Å²) >= 11 is 0. The number of nitrogens with zero attached hydrogens (tertiary/aromatic N) is 2. The molecular formula is C41H72N6O10. The van der Waals surface area contributed by atoms with Gasteiger partial charge in [0.1, 0.15) is 23.8 Å². The number of esters is 1. The van der Waals surface area contributed by atoms with Crippen LogP contribution in [0.25, 0.3) is 0 Å². The number of ether oxygens (including phenoxy) is 3. The number of likely N-dealkylation sites (tertiary alicyclic amines) is 1. The van der Waals surface area contributed by atoms with Crippen molar-refractivity contribution in [3.05, 3.63) is 12.2 Å². The summed E-state index contributed by atoms with van der Waals surface area (Å²) in [7, 11) is 1.22. The number of carbonyl (C=O) groups is 6. The van der Waals surface area contributed by atoms with E-state index in [2.05, 4.69) is 21.3 Å². The topological polar surface area (TPSA) is 205 Å². The molecule has 2 aliphatic heterocycles. The average Bonchev–Trinajstić information content (AvgIpc) is 3.53. The first-order chi connectivity index (χ1) is 26.3. The van der Waals surface area contributed by atoms with Crippen LogP contribution < -0.4 is 21.3 Å². The molecule has 2 saturated heterocycles. The summed E-state index contributed by atoms with van der Waals surface area (Å²) in [6.45, 7) is 21.2. The molecule has 2 fully saturated rings. The summed E-state index contributed by atoms with van der Waals surface area (Å²) in [5, 5.41) is 22.9. The van der Waals surface area contributed by atoms with Crippen molar-refractivity contribution in [2.24, 2.45) is 11.8 Å². The number of hydroxylamine groups is 2. The normalized spacial score (nSPS) is 20.1. The van der Waals surface area contributed by atoms with Gasteiger partial charge in [-0.1, -0.05) is 39.8 Å². The van der Waals surface area contributed by atoms with Crippen molar-refractivity contribution in [3.63, 3.8) is 0 Å². The van der Waals surface area contributed by atoms with E-state index < -0.39 is 64.8 Å². The van der Waals surface area contributed by atoms with E-state index in [0.29, 0.717) is 44.6 Å². The molecule has 0 aromatic rings. The van der Waals surface area contributed by atoms with E-state index in [0.717, 1.165) is 6.42 Å². The lowest BCUT2D eigenvalue weighted by Gasteiger charge is -2.50. The van der Waals surface area contributed by atoms with E-state index in [-0.39, 0.29) is 49.7 Å². The van der Waals surface area contributed by atoms with Gasteiger partial charge in [-0.3, -0.25) is 14.4 Å². The largest absolute Gasteiger partial charge is 0.467 e. The molecule has 0 spiro atoms. The molecule has 0 aromatic carbocycles. The molecule has 5 N–H and O–H groups in total. The lowest BCUT2D eigenvalue weighted by Crippen LogP contribution is -2.60. The van der Waals surface area contributed by atoms with E-state index >= 15 is 0 Å². The Labute approximate surface area is 339 Å². The summed E-state index contributed by atoms with van der Waals surface area (Å²) in [6.07, 6.45) is 5.56. The first kappa shape index (κ1) is 49.2. The number of hydrogen-bond donors (Lipinski definition) is 5. The number of methoxy groups -OCH3 is 1. The standard InChI is InChI=1S/C41H72N6O10/c1-26(2)22-28(43-38(53)57-39(5,6)7)16-13-19-33(49)46-21-15-17-29(46)23-32(48)45-34(27(3)4)35(50)44-31(36(51)55-12)18-14-20-42-37(52)56-30-24-40(8,9)47(54)41(10,11)25-30/h13,16,26-31,34,54H,14-15,17-25H2,1-12H3,(H,42,52)(H,43,53)(H,44,50)(H,45,48)/b16-13+/t28-,29+,31+,34+/m1/s1. The van der Waals surface area contributed by atoms with Crippen molar-refractivity contribution in [1.29, 1.82) is 0 Å². The number of alkyl carbamates (subject to hydrolysis) is 2. The third kappa shape index (κ3) is 16.8. The molecule has 57 heavy (non-hydrogen) atoms. The molecule has 0 aromatic heterocycles. The van der Waals surface area contributed by atoms with Gasteiger partial charge < -0.3 is 45.6 Å². The molecule has 0 aliphatic carbocycles. The van der Waals surface area contributed by atoms with Crippen molar-refractivity contribution in [2.45, 2.75) is 181 Å². The highest BCUT2D eigenvalue weighted by Gasteiger charge is 2.46. The zero-order chi connectivity index (χ0) is 43.3. The molecule has 4 atom stereocenters. The second kappa shape index (κ2) is 21.7. The lowest BCUT2D eigenvalue weighted by molar-refractivity contribution is -0.256. The fourth-order valence-corrected chi connectivity index (χ4v) is 7.56. The van der Waals surface area contributed by atoms with E-state index in [4.69, 9.17) is 14.2 Å². The quantitative estimate of drug-likeness (QED) is 0.0541. The first-order valence-electron chi connectivity index (χ1n) is 20.4. The van der Waals surface area contributed by atoms with Gasteiger partial charge in [-0.05, 0) is 92.4 Å². The SMILES string of the molecule is COC(=O)[C@H](CCCNC(=O)OC1CC(C)(C)N(O)C(C)(C)C1)NC(=O)[C@@H](NC(=O)C[C@@H]1CCCN1C(=O)C/C=C/[C@H](CC(C)C)NC(=O)OC(C)(C)C)C(C)C. The Balaban J connectivity index is 1.92. The summed E-state index contributed by atoms with van der Waals surface area (Å²) in [6, 6.07) is -2.63. The van der Waals surface area contributed by atoms with Gasteiger partial charge in [-0.2, -0.15) is 5.06 Å². The molecule has 0 radical (unpaired) electrons. The number of rotatable bonds is 18. The van der Waals surface area contributed by atoms with Gasteiger partial charge in [-0.25, -0.2) is 14.4 Å². The number of carbonyl (C=O) groups excluding carboxylic acids is 6. The van der Waals surface area contributed by atoms with Crippen LogP contribution in [0.15, 0.2) is 12.2 Å². The average molecular weight is 809 g/mol. The van der Waals surface area contributed by atoms with Crippen molar-refractivity contribution in [1.82, 2.24) is 31.2 Å². The van der Waals surface area contributed by atoms with E-state index in [1.807, 2.05) is 47.6 Å². The van der Waals surface area contributed by atoms with Crippen LogP contribution >= 0.6 is 0 Å². The van der Waals surface area contributed by atoms with Crippen LogP contribution in [0.5, 0.6) is 0 Å². The maximum atomic E-state index is 13.5. The minimum absolute atomic E-state index is 0.0123. The van der Waals surface area contributed by atoms with Crippen LogP contribution in [0.1, 0.15) is 134 Å². The van der Waals surface area contributed by atoms with Gasteiger partial charge in [0, 0.05) is 55.9 Å². The Bertz CT molecular complexity index is 1390. The van der Waals surface area contributed by atoms with E-state index in [1.54, 1.807) is 45.6 Å². The second-order valence-corrected chi connectivity index (χ2v) is 18.4. The van der Waals surface area contributed by atoms with Gasteiger partial charge in [0.2, 0.25) is 17.7 Å².